The lowest BCUT2D eigenvalue weighted by Gasteiger charge is -2.34. The molecule has 1 aliphatic heterocycles. The molecule has 0 radical (unpaired) electrons. The first kappa shape index (κ1) is 16.7. The van der Waals surface area contributed by atoms with Crippen LogP contribution in [0, 0.1) is 0 Å². The van der Waals surface area contributed by atoms with E-state index in [9.17, 15) is 0 Å². The highest BCUT2D eigenvalue weighted by atomic mass is 15.2. The Morgan fingerprint density at radius 1 is 1.23 bits per heavy atom. The summed E-state index contributed by atoms with van der Waals surface area (Å²) >= 11 is 0. The van der Waals surface area contributed by atoms with Gasteiger partial charge in [0.2, 0.25) is 5.95 Å². The minimum Gasteiger partial charge on any atom is -0.354 e. The van der Waals surface area contributed by atoms with E-state index in [1.54, 1.807) is 6.33 Å². The number of aromatic amines is 1. The number of rotatable bonds is 6. The van der Waals surface area contributed by atoms with Crippen molar-refractivity contribution >= 4 is 5.95 Å². The first-order valence-corrected chi connectivity index (χ1v) is 9.04. The maximum atomic E-state index is 4.59. The zero-order chi connectivity index (χ0) is 17.9. The van der Waals surface area contributed by atoms with Gasteiger partial charge in [-0.15, -0.1) is 0 Å². The van der Waals surface area contributed by atoms with Gasteiger partial charge >= 0.3 is 0 Å². The van der Waals surface area contributed by atoms with Crippen LogP contribution in [0.25, 0.3) is 0 Å². The predicted molar refractivity (Wildman–Crippen MR) is 98.6 cm³/mol. The molecule has 2 N–H and O–H groups in total. The van der Waals surface area contributed by atoms with Crippen LogP contribution < -0.4 is 5.32 Å². The number of anilines is 1. The van der Waals surface area contributed by atoms with Crippen LogP contribution in [0.3, 0.4) is 0 Å². The molecule has 1 aliphatic rings. The highest BCUT2D eigenvalue weighted by Crippen LogP contribution is 2.33. The maximum Gasteiger partial charge on any atom is 0.222 e. The molecule has 0 amide bonds. The third-order valence-corrected chi connectivity index (χ3v) is 4.81. The van der Waals surface area contributed by atoms with Crippen LogP contribution in [-0.2, 0) is 20.0 Å². The Kier molecular flexibility index (Phi) is 4.66. The molecule has 3 aromatic rings. The average Bonchev–Trinajstić information content (AvgIpc) is 3.29. The molecule has 0 saturated heterocycles. The van der Waals surface area contributed by atoms with Gasteiger partial charge in [0.1, 0.15) is 5.82 Å². The normalized spacial score (nSPS) is 17.2. The topological polar surface area (TPSA) is 87.5 Å². The fourth-order valence-electron chi connectivity index (χ4n) is 3.40. The van der Waals surface area contributed by atoms with E-state index in [-0.39, 0.29) is 6.04 Å². The van der Waals surface area contributed by atoms with E-state index in [2.05, 4.69) is 46.6 Å². The number of aromatic nitrogens is 6. The molecular formula is C18H24N8. The number of imidazole rings is 2. The number of hydrogen-bond acceptors (Lipinski definition) is 6. The summed E-state index contributed by atoms with van der Waals surface area (Å²) in [5, 5.41) is 3.22. The van der Waals surface area contributed by atoms with Crippen molar-refractivity contribution in [3.05, 3.63) is 53.9 Å². The van der Waals surface area contributed by atoms with Crippen LogP contribution in [0.2, 0.25) is 0 Å². The summed E-state index contributed by atoms with van der Waals surface area (Å²) in [5.41, 5.74) is 3.30. The number of nitrogens with zero attached hydrogens (tertiary/aromatic N) is 6. The minimum absolute atomic E-state index is 0.0296. The Morgan fingerprint density at radius 2 is 2.08 bits per heavy atom. The molecule has 0 bridgehead atoms. The van der Waals surface area contributed by atoms with Gasteiger partial charge in [-0.05, 0) is 6.42 Å². The van der Waals surface area contributed by atoms with Crippen LogP contribution in [0.1, 0.15) is 42.2 Å². The molecule has 26 heavy (non-hydrogen) atoms. The largest absolute Gasteiger partial charge is 0.354 e. The van der Waals surface area contributed by atoms with E-state index in [4.69, 9.17) is 0 Å². The summed E-state index contributed by atoms with van der Waals surface area (Å²) in [6.45, 7) is 4.69. The highest BCUT2D eigenvalue weighted by Gasteiger charge is 2.32. The first-order valence-electron chi connectivity index (χ1n) is 9.04. The van der Waals surface area contributed by atoms with Crippen molar-refractivity contribution in [3.8, 4) is 0 Å². The molecule has 1 atom stereocenters. The first-order chi connectivity index (χ1) is 12.8. The average molecular weight is 352 g/mol. The Balaban J connectivity index is 1.63. The molecule has 8 nitrogen and oxygen atoms in total. The second kappa shape index (κ2) is 7.25. The summed E-state index contributed by atoms with van der Waals surface area (Å²) in [5.74, 6) is 1.71. The van der Waals surface area contributed by atoms with Crippen molar-refractivity contribution in [2.45, 2.75) is 32.4 Å². The number of aryl methyl sites for hydroxylation is 1. The monoisotopic (exact) mass is 352 g/mol. The molecule has 4 rings (SSSR count). The Bertz CT molecular complexity index is 850. The van der Waals surface area contributed by atoms with Gasteiger partial charge in [-0.25, -0.2) is 19.9 Å². The number of nitrogens with one attached hydrogen (secondary N) is 2. The molecule has 0 spiro atoms. The Labute approximate surface area is 152 Å². The summed E-state index contributed by atoms with van der Waals surface area (Å²) in [6.07, 6.45) is 11.4. The summed E-state index contributed by atoms with van der Waals surface area (Å²) < 4.78 is 2.06. The SMILES string of the molecule is CCCNc1ncc(C2c3nc[nH]c3CCN2Cc2nccn2C)cn1. The summed E-state index contributed by atoms with van der Waals surface area (Å²) in [7, 11) is 2.03. The van der Waals surface area contributed by atoms with Gasteiger partial charge in [0.15, 0.2) is 0 Å². The van der Waals surface area contributed by atoms with Crippen LogP contribution in [-0.4, -0.2) is 47.5 Å². The van der Waals surface area contributed by atoms with Gasteiger partial charge in [-0.3, -0.25) is 4.90 Å². The fraction of sp³-hybridized carbons (Fsp3) is 0.444. The van der Waals surface area contributed by atoms with Crippen molar-refractivity contribution in [1.29, 1.82) is 0 Å². The summed E-state index contributed by atoms with van der Waals surface area (Å²) in [4.78, 5) is 23.7. The summed E-state index contributed by atoms with van der Waals surface area (Å²) in [6, 6.07) is 0.0296. The second-order valence-corrected chi connectivity index (χ2v) is 6.61. The van der Waals surface area contributed by atoms with Crippen molar-refractivity contribution in [2.75, 3.05) is 18.4 Å². The molecule has 0 aliphatic carbocycles. The minimum atomic E-state index is 0.0296. The fourth-order valence-corrected chi connectivity index (χ4v) is 3.40. The van der Waals surface area contributed by atoms with E-state index in [0.29, 0.717) is 5.95 Å². The van der Waals surface area contributed by atoms with Gasteiger partial charge in [-0.1, -0.05) is 6.92 Å². The zero-order valence-electron chi connectivity index (χ0n) is 15.2. The molecule has 0 saturated carbocycles. The van der Waals surface area contributed by atoms with Gasteiger partial charge in [-0.2, -0.15) is 0 Å². The maximum absolute atomic E-state index is 4.59. The zero-order valence-corrected chi connectivity index (χ0v) is 15.2. The van der Waals surface area contributed by atoms with E-state index < -0.39 is 0 Å². The van der Waals surface area contributed by atoms with Crippen LogP contribution in [0.4, 0.5) is 5.95 Å². The van der Waals surface area contributed by atoms with E-state index in [0.717, 1.165) is 49.6 Å². The van der Waals surface area contributed by atoms with Crippen molar-refractivity contribution in [3.63, 3.8) is 0 Å². The Morgan fingerprint density at radius 3 is 2.81 bits per heavy atom. The lowest BCUT2D eigenvalue weighted by Crippen LogP contribution is -2.36. The lowest BCUT2D eigenvalue weighted by molar-refractivity contribution is 0.193. The molecule has 4 heterocycles. The van der Waals surface area contributed by atoms with E-state index >= 15 is 0 Å². The van der Waals surface area contributed by atoms with Crippen LogP contribution in [0.5, 0.6) is 0 Å². The predicted octanol–water partition coefficient (Wildman–Crippen LogP) is 1.90. The molecule has 0 aromatic carbocycles. The molecule has 8 heteroatoms. The van der Waals surface area contributed by atoms with Gasteiger partial charge in [0.25, 0.3) is 0 Å². The number of hydrogen-bond donors (Lipinski definition) is 2. The molecular weight excluding hydrogens is 328 g/mol. The second-order valence-electron chi connectivity index (χ2n) is 6.61. The van der Waals surface area contributed by atoms with Crippen LogP contribution in [0.15, 0.2) is 31.1 Å². The van der Waals surface area contributed by atoms with Gasteiger partial charge < -0.3 is 14.9 Å². The van der Waals surface area contributed by atoms with Crippen molar-refractivity contribution in [1.82, 2.24) is 34.4 Å². The van der Waals surface area contributed by atoms with Gasteiger partial charge in [0, 0.05) is 62.6 Å². The molecule has 1 unspecified atom stereocenters. The Hall–Kier alpha value is -2.74. The third kappa shape index (κ3) is 3.20. The molecule has 136 valence electrons. The standard InChI is InChI=1S/C18H24N8/c1-3-5-20-18-21-9-13(10-22-18)17-16-14(23-12-24-16)4-7-26(17)11-15-19-6-8-25(15)2/h6,8-10,12,17H,3-5,7,11H2,1-2H3,(H,23,24)(H,20,21,22). The number of fused-ring (bicyclic) bond motifs is 1. The van der Waals surface area contributed by atoms with Crippen LogP contribution >= 0.6 is 0 Å². The number of H-pyrrole nitrogens is 1. The van der Waals surface area contributed by atoms with Gasteiger partial charge in [0.05, 0.1) is 24.6 Å². The molecule has 0 fully saturated rings. The lowest BCUT2D eigenvalue weighted by atomic mass is 9.97. The van der Waals surface area contributed by atoms with Crippen molar-refractivity contribution in [2.24, 2.45) is 7.05 Å². The quantitative estimate of drug-likeness (QED) is 0.704. The third-order valence-electron chi connectivity index (χ3n) is 4.81. The van der Waals surface area contributed by atoms with Crippen molar-refractivity contribution < 1.29 is 0 Å². The highest BCUT2D eigenvalue weighted by molar-refractivity contribution is 5.33. The molecule has 3 aromatic heterocycles. The van der Waals surface area contributed by atoms with E-state index in [1.807, 2.05) is 31.8 Å². The van der Waals surface area contributed by atoms with E-state index in [1.165, 1.54) is 5.69 Å². The smallest absolute Gasteiger partial charge is 0.222 e.